The standard InChI is InChI=1S/C25H27F2N3O5/c1-32-19-4-2-3-5-20(19)33-13-12-28-23-10-11-24(31)30(29-23)15-18-8-9-21(35-25(26)27)22(14-18)34-16-17-6-7-17/h2-5,8-11,14,17,25H,6-7,12-13,15-16H2,1H3,(H,28,29). The van der Waals surface area contributed by atoms with Crippen molar-refractivity contribution in [3.05, 3.63) is 70.5 Å². The molecule has 1 saturated carbocycles. The van der Waals surface area contributed by atoms with E-state index in [2.05, 4.69) is 15.2 Å². The quantitative estimate of drug-likeness (QED) is 0.362. The Kier molecular flexibility index (Phi) is 8.02. The van der Waals surface area contributed by atoms with Crippen LogP contribution in [0.5, 0.6) is 23.0 Å². The summed E-state index contributed by atoms with van der Waals surface area (Å²) in [4.78, 5) is 12.4. The fraction of sp³-hybridized carbons (Fsp3) is 0.360. The second kappa shape index (κ2) is 11.5. The normalized spacial score (nSPS) is 12.9. The third-order valence-corrected chi connectivity index (χ3v) is 5.33. The number of nitrogens with one attached hydrogen (secondary N) is 1. The van der Waals surface area contributed by atoms with E-state index in [4.69, 9.17) is 14.2 Å². The van der Waals surface area contributed by atoms with Crippen molar-refractivity contribution in [3.63, 3.8) is 0 Å². The topological polar surface area (TPSA) is 83.8 Å². The third kappa shape index (κ3) is 7.08. The van der Waals surface area contributed by atoms with Gasteiger partial charge in [-0.2, -0.15) is 13.9 Å². The summed E-state index contributed by atoms with van der Waals surface area (Å²) in [5.74, 6) is 2.41. The second-order valence-electron chi connectivity index (χ2n) is 8.05. The molecule has 0 amide bonds. The molecule has 0 unspecified atom stereocenters. The molecule has 1 aliphatic carbocycles. The molecular weight excluding hydrogens is 460 g/mol. The van der Waals surface area contributed by atoms with Gasteiger partial charge in [0.25, 0.3) is 5.56 Å². The third-order valence-electron chi connectivity index (χ3n) is 5.33. The van der Waals surface area contributed by atoms with E-state index in [-0.39, 0.29) is 23.6 Å². The van der Waals surface area contributed by atoms with Crippen LogP contribution < -0.4 is 29.8 Å². The van der Waals surface area contributed by atoms with Crippen LogP contribution in [0.25, 0.3) is 0 Å². The maximum Gasteiger partial charge on any atom is 0.387 e. The Hall–Kier alpha value is -3.82. The molecule has 1 aliphatic rings. The lowest BCUT2D eigenvalue weighted by molar-refractivity contribution is -0.0515. The highest BCUT2D eigenvalue weighted by Gasteiger charge is 2.23. The molecule has 1 N–H and O–H groups in total. The summed E-state index contributed by atoms with van der Waals surface area (Å²) in [5, 5.41) is 7.47. The highest BCUT2D eigenvalue weighted by Crippen LogP contribution is 2.34. The van der Waals surface area contributed by atoms with Gasteiger partial charge in [0.05, 0.1) is 26.8 Å². The number of ether oxygens (including phenoxy) is 4. The Labute approximate surface area is 201 Å². The first-order chi connectivity index (χ1) is 17.0. The van der Waals surface area contributed by atoms with E-state index >= 15 is 0 Å². The number of halogens is 2. The van der Waals surface area contributed by atoms with Crippen LogP contribution in [0.4, 0.5) is 14.6 Å². The number of anilines is 1. The molecular formula is C25H27F2N3O5. The van der Waals surface area contributed by atoms with Crippen molar-refractivity contribution < 1.29 is 27.7 Å². The van der Waals surface area contributed by atoms with Crippen molar-refractivity contribution in [2.75, 3.05) is 32.2 Å². The SMILES string of the molecule is COc1ccccc1OCCNc1ccc(=O)n(Cc2ccc(OC(F)F)c(OCC3CC3)c2)n1. The molecule has 0 spiro atoms. The van der Waals surface area contributed by atoms with Gasteiger partial charge in [0, 0.05) is 6.07 Å². The number of aromatic nitrogens is 2. The minimum absolute atomic E-state index is 0.0322. The van der Waals surface area contributed by atoms with E-state index in [0.717, 1.165) is 12.8 Å². The number of alkyl halides is 2. The predicted octanol–water partition coefficient (Wildman–Crippen LogP) is 4.18. The summed E-state index contributed by atoms with van der Waals surface area (Å²) >= 11 is 0. The highest BCUT2D eigenvalue weighted by molar-refractivity contribution is 5.43. The summed E-state index contributed by atoms with van der Waals surface area (Å²) in [7, 11) is 1.58. The zero-order chi connectivity index (χ0) is 24.6. The van der Waals surface area contributed by atoms with Gasteiger partial charge in [-0.3, -0.25) is 4.79 Å². The highest BCUT2D eigenvalue weighted by atomic mass is 19.3. The Morgan fingerprint density at radius 1 is 1.03 bits per heavy atom. The number of methoxy groups -OCH3 is 1. The van der Waals surface area contributed by atoms with Crippen molar-refractivity contribution in [3.8, 4) is 23.0 Å². The minimum atomic E-state index is -2.96. The molecule has 35 heavy (non-hydrogen) atoms. The molecule has 4 rings (SSSR count). The van der Waals surface area contributed by atoms with E-state index < -0.39 is 6.61 Å². The van der Waals surface area contributed by atoms with Crippen molar-refractivity contribution >= 4 is 5.82 Å². The van der Waals surface area contributed by atoms with Crippen LogP contribution in [0.3, 0.4) is 0 Å². The maximum absolute atomic E-state index is 12.8. The van der Waals surface area contributed by atoms with Crippen LogP contribution in [0.1, 0.15) is 18.4 Å². The van der Waals surface area contributed by atoms with Crippen molar-refractivity contribution in [2.24, 2.45) is 5.92 Å². The lowest BCUT2D eigenvalue weighted by Gasteiger charge is -2.14. The van der Waals surface area contributed by atoms with E-state index in [1.807, 2.05) is 24.3 Å². The van der Waals surface area contributed by atoms with E-state index in [1.54, 1.807) is 25.3 Å². The average Bonchev–Trinajstić information content (AvgIpc) is 3.68. The van der Waals surface area contributed by atoms with Gasteiger partial charge in [-0.1, -0.05) is 18.2 Å². The molecule has 3 aromatic rings. The van der Waals surface area contributed by atoms with E-state index in [0.29, 0.717) is 48.6 Å². The van der Waals surface area contributed by atoms with Gasteiger partial charge in [-0.05, 0) is 54.7 Å². The van der Waals surface area contributed by atoms with Crippen molar-refractivity contribution in [1.29, 1.82) is 0 Å². The Morgan fingerprint density at radius 3 is 2.57 bits per heavy atom. The van der Waals surface area contributed by atoms with Gasteiger partial charge in [-0.25, -0.2) is 4.68 Å². The second-order valence-corrected chi connectivity index (χ2v) is 8.05. The van der Waals surface area contributed by atoms with Crippen LogP contribution in [0.15, 0.2) is 59.4 Å². The predicted molar refractivity (Wildman–Crippen MR) is 126 cm³/mol. The Morgan fingerprint density at radius 2 is 1.83 bits per heavy atom. The van der Waals surface area contributed by atoms with Crippen LogP contribution in [-0.4, -0.2) is 43.3 Å². The minimum Gasteiger partial charge on any atom is -0.493 e. The van der Waals surface area contributed by atoms with Gasteiger partial charge in [0.1, 0.15) is 12.4 Å². The van der Waals surface area contributed by atoms with Gasteiger partial charge >= 0.3 is 6.61 Å². The summed E-state index contributed by atoms with van der Waals surface area (Å²) in [6.45, 7) is -1.57. The van der Waals surface area contributed by atoms with Gasteiger partial charge in [-0.15, -0.1) is 0 Å². The zero-order valence-corrected chi connectivity index (χ0v) is 19.3. The fourth-order valence-electron chi connectivity index (χ4n) is 3.36. The monoisotopic (exact) mass is 487 g/mol. The summed E-state index contributed by atoms with van der Waals surface area (Å²) in [6, 6.07) is 15.0. The first kappa shape index (κ1) is 24.3. The maximum atomic E-state index is 12.8. The number of benzene rings is 2. The molecule has 0 aliphatic heterocycles. The Bertz CT molecular complexity index is 1180. The van der Waals surface area contributed by atoms with E-state index in [1.165, 1.54) is 16.8 Å². The number of rotatable bonds is 13. The molecule has 0 saturated heterocycles. The largest absolute Gasteiger partial charge is 0.493 e. The molecule has 1 heterocycles. The van der Waals surface area contributed by atoms with Crippen LogP contribution >= 0.6 is 0 Å². The molecule has 1 aromatic heterocycles. The number of hydrogen-bond acceptors (Lipinski definition) is 7. The summed E-state index contributed by atoms with van der Waals surface area (Å²) in [5.41, 5.74) is 0.373. The first-order valence-corrected chi connectivity index (χ1v) is 11.3. The molecule has 0 atom stereocenters. The molecule has 8 nitrogen and oxygen atoms in total. The van der Waals surface area contributed by atoms with Crippen LogP contribution in [0.2, 0.25) is 0 Å². The van der Waals surface area contributed by atoms with Crippen molar-refractivity contribution in [1.82, 2.24) is 9.78 Å². The van der Waals surface area contributed by atoms with Gasteiger partial charge < -0.3 is 24.3 Å². The number of nitrogens with zero attached hydrogens (tertiary/aromatic N) is 2. The zero-order valence-electron chi connectivity index (χ0n) is 19.3. The summed E-state index contributed by atoms with van der Waals surface area (Å²) in [6.07, 6.45) is 2.13. The van der Waals surface area contributed by atoms with Gasteiger partial charge in [0.15, 0.2) is 23.0 Å². The average molecular weight is 488 g/mol. The van der Waals surface area contributed by atoms with Crippen LogP contribution in [-0.2, 0) is 6.54 Å². The van der Waals surface area contributed by atoms with E-state index in [9.17, 15) is 13.6 Å². The molecule has 186 valence electrons. The first-order valence-electron chi connectivity index (χ1n) is 11.3. The molecule has 1 fully saturated rings. The fourth-order valence-corrected chi connectivity index (χ4v) is 3.36. The van der Waals surface area contributed by atoms with Gasteiger partial charge in [0.2, 0.25) is 0 Å². The molecule has 10 heteroatoms. The Balaban J connectivity index is 1.39. The lowest BCUT2D eigenvalue weighted by Crippen LogP contribution is -2.24. The molecule has 0 bridgehead atoms. The summed E-state index contributed by atoms with van der Waals surface area (Å²) < 4.78 is 48.1. The van der Waals surface area contributed by atoms with Crippen LogP contribution in [0, 0.1) is 5.92 Å². The molecule has 2 aromatic carbocycles. The number of para-hydroxylation sites is 2. The number of hydrogen-bond donors (Lipinski definition) is 1. The molecule has 0 radical (unpaired) electrons. The van der Waals surface area contributed by atoms with Crippen molar-refractivity contribution in [2.45, 2.75) is 26.0 Å². The lowest BCUT2D eigenvalue weighted by atomic mass is 10.2. The smallest absolute Gasteiger partial charge is 0.387 e.